The third-order valence-corrected chi connectivity index (χ3v) is 5.93. The molecule has 0 saturated carbocycles. The van der Waals surface area contributed by atoms with Crippen molar-refractivity contribution in [1.29, 1.82) is 0 Å². The van der Waals surface area contributed by atoms with Crippen molar-refractivity contribution in [3.05, 3.63) is 29.8 Å². The van der Waals surface area contributed by atoms with Crippen molar-refractivity contribution >= 4 is 22.7 Å². The molecule has 24 heavy (non-hydrogen) atoms. The molecule has 0 aliphatic carbocycles. The van der Waals surface area contributed by atoms with Crippen LogP contribution in [0.4, 0.5) is 0 Å². The van der Waals surface area contributed by atoms with Crippen LogP contribution in [0.3, 0.4) is 0 Å². The van der Waals surface area contributed by atoms with Gasteiger partial charge in [0, 0.05) is 35.2 Å². The van der Waals surface area contributed by atoms with E-state index in [-0.39, 0.29) is 23.5 Å². The SMILES string of the molecule is CC(C)[S@](=O)c1ccc(C(=O)N2CCC[C@H](CCC(=O)O)C2)cc1. The third kappa shape index (κ3) is 4.90. The number of piperidine rings is 1. The van der Waals surface area contributed by atoms with Gasteiger partial charge in [0.25, 0.3) is 5.91 Å². The van der Waals surface area contributed by atoms with Crippen LogP contribution in [0.5, 0.6) is 0 Å². The number of hydrogen-bond donors (Lipinski definition) is 1. The van der Waals surface area contributed by atoms with E-state index in [2.05, 4.69) is 0 Å². The summed E-state index contributed by atoms with van der Waals surface area (Å²) in [6, 6.07) is 6.99. The van der Waals surface area contributed by atoms with Crippen molar-refractivity contribution in [3.63, 3.8) is 0 Å². The van der Waals surface area contributed by atoms with Crippen molar-refractivity contribution in [2.75, 3.05) is 13.1 Å². The summed E-state index contributed by atoms with van der Waals surface area (Å²) in [6.45, 7) is 5.13. The average Bonchev–Trinajstić information content (AvgIpc) is 2.59. The molecule has 0 spiro atoms. The molecule has 0 bridgehead atoms. The molecule has 5 nitrogen and oxygen atoms in total. The maximum absolute atomic E-state index is 12.6. The number of carbonyl (C=O) groups excluding carboxylic acids is 1. The Morgan fingerprint density at radius 3 is 2.54 bits per heavy atom. The Balaban J connectivity index is 2.00. The van der Waals surface area contributed by atoms with Gasteiger partial charge in [-0.05, 0) is 49.4 Å². The van der Waals surface area contributed by atoms with Crippen LogP contribution in [0.15, 0.2) is 29.2 Å². The number of carbonyl (C=O) groups is 2. The van der Waals surface area contributed by atoms with Gasteiger partial charge in [0.1, 0.15) is 0 Å². The van der Waals surface area contributed by atoms with Crippen molar-refractivity contribution in [3.8, 4) is 0 Å². The predicted molar refractivity (Wildman–Crippen MR) is 93.5 cm³/mol. The molecule has 2 rings (SSSR count). The fourth-order valence-electron chi connectivity index (χ4n) is 3.00. The molecule has 1 aliphatic rings. The van der Waals surface area contributed by atoms with Gasteiger partial charge in [-0.1, -0.05) is 13.8 Å². The van der Waals surface area contributed by atoms with E-state index < -0.39 is 16.8 Å². The maximum atomic E-state index is 12.6. The van der Waals surface area contributed by atoms with Gasteiger partial charge in [-0.25, -0.2) is 0 Å². The summed E-state index contributed by atoms with van der Waals surface area (Å²) in [6.07, 6.45) is 2.66. The van der Waals surface area contributed by atoms with Crippen LogP contribution in [0.1, 0.15) is 49.9 Å². The van der Waals surface area contributed by atoms with Gasteiger partial charge in [0.15, 0.2) is 0 Å². The molecule has 1 saturated heterocycles. The van der Waals surface area contributed by atoms with Crippen molar-refractivity contribution < 1.29 is 18.9 Å². The van der Waals surface area contributed by atoms with Gasteiger partial charge >= 0.3 is 5.97 Å². The Hall–Kier alpha value is -1.69. The molecule has 0 aromatic heterocycles. The molecule has 1 fully saturated rings. The second-order valence-corrected chi connectivity index (χ2v) is 8.57. The second kappa shape index (κ2) is 8.42. The van der Waals surface area contributed by atoms with E-state index in [4.69, 9.17) is 5.11 Å². The van der Waals surface area contributed by atoms with Gasteiger partial charge in [-0.15, -0.1) is 0 Å². The van der Waals surface area contributed by atoms with E-state index in [1.54, 1.807) is 24.3 Å². The summed E-state index contributed by atoms with van der Waals surface area (Å²) in [5.74, 6) is -0.560. The number of amides is 1. The summed E-state index contributed by atoms with van der Waals surface area (Å²) in [5, 5.41) is 8.85. The molecule has 1 aromatic rings. The van der Waals surface area contributed by atoms with E-state index in [1.165, 1.54) is 0 Å². The highest BCUT2D eigenvalue weighted by Gasteiger charge is 2.25. The standard InChI is InChI=1S/C18H25NO4S/c1-13(2)24(23)16-8-6-15(7-9-16)18(22)19-11-3-4-14(12-19)5-10-17(20)21/h6-9,13-14H,3-5,10-12H2,1-2H3,(H,20,21)/t14-,24+/m1/s1. The van der Waals surface area contributed by atoms with E-state index in [0.29, 0.717) is 25.1 Å². The maximum Gasteiger partial charge on any atom is 0.303 e. The highest BCUT2D eigenvalue weighted by Crippen LogP contribution is 2.23. The Kier molecular flexibility index (Phi) is 6.54. The second-order valence-electron chi connectivity index (χ2n) is 6.56. The molecule has 132 valence electrons. The lowest BCUT2D eigenvalue weighted by Gasteiger charge is -2.32. The minimum absolute atomic E-state index is 0.0306. The summed E-state index contributed by atoms with van der Waals surface area (Å²) in [7, 11) is -1.05. The van der Waals surface area contributed by atoms with Gasteiger partial charge < -0.3 is 10.0 Å². The Morgan fingerprint density at radius 1 is 1.29 bits per heavy atom. The Labute approximate surface area is 145 Å². The lowest BCUT2D eigenvalue weighted by atomic mass is 9.93. The first-order chi connectivity index (χ1) is 11.4. The smallest absolute Gasteiger partial charge is 0.303 e. The lowest BCUT2D eigenvalue weighted by Crippen LogP contribution is -2.40. The number of likely N-dealkylation sites (tertiary alicyclic amines) is 1. The molecule has 1 heterocycles. The van der Waals surface area contributed by atoms with Crippen LogP contribution in [-0.4, -0.2) is 44.4 Å². The molecule has 6 heteroatoms. The summed E-state index contributed by atoms with van der Waals surface area (Å²) < 4.78 is 12.1. The first-order valence-corrected chi connectivity index (χ1v) is 9.61. The van der Waals surface area contributed by atoms with Crippen LogP contribution >= 0.6 is 0 Å². The van der Waals surface area contributed by atoms with Gasteiger partial charge in [0.2, 0.25) is 0 Å². The van der Waals surface area contributed by atoms with Crippen LogP contribution in [-0.2, 0) is 15.6 Å². The molecular weight excluding hydrogens is 326 g/mol. The first kappa shape index (κ1) is 18.6. The van der Waals surface area contributed by atoms with Crippen molar-refractivity contribution in [2.45, 2.75) is 49.7 Å². The zero-order valence-corrected chi connectivity index (χ0v) is 15.1. The Bertz CT molecular complexity index is 612. The van der Waals surface area contributed by atoms with Gasteiger partial charge in [-0.2, -0.15) is 0 Å². The van der Waals surface area contributed by atoms with Crippen LogP contribution < -0.4 is 0 Å². The zero-order valence-electron chi connectivity index (χ0n) is 14.2. The van der Waals surface area contributed by atoms with E-state index in [1.807, 2.05) is 18.7 Å². The zero-order chi connectivity index (χ0) is 17.7. The van der Waals surface area contributed by atoms with E-state index >= 15 is 0 Å². The van der Waals surface area contributed by atoms with Crippen LogP contribution in [0.25, 0.3) is 0 Å². The molecule has 1 aliphatic heterocycles. The highest BCUT2D eigenvalue weighted by atomic mass is 32.2. The molecule has 2 atom stereocenters. The number of aliphatic carboxylic acids is 1. The minimum atomic E-state index is -1.05. The summed E-state index contributed by atoms with van der Waals surface area (Å²) in [4.78, 5) is 25.9. The first-order valence-electron chi connectivity index (χ1n) is 8.40. The minimum Gasteiger partial charge on any atom is -0.481 e. The number of benzene rings is 1. The van der Waals surface area contributed by atoms with Crippen LogP contribution in [0, 0.1) is 5.92 Å². The quantitative estimate of drug-likeness (QED) is 0.855. The van der Waals surface area contributed by atoms with Crippen molar-refractivity contribution in [2.24, 2.45) is 5.92 Å². The van der Waals surface area contributed by atoms with Crippen LogP contribution in [0.2, 0.25) is 0 Å². The summed E-state index contributed by atoms with van der Waals surface area (Å²) >= 11 is 0. The van der Waals surface area contributed by atoms with E-state index in [9.17, 15) is 13.8 Å². The molecule has 0 radical (unpaired) electrons. The highest BCUT2D eigenvalue weighted by molar-refractivity contribution is 7.85. The number of nitrogens with zero attached hydrogens (tertiary/aromatic N) is 1. The summed E-state index contributed by atoms with van der Waals surface area (Å²) in [5.41, 5.74) is 0.596. The molecule has 0 unspecified atom stereocenters. The molecule has 1 N–H and O–H groups in total. The predicted octanol–water partition coefficient (Wildman–Crippen LogP) is 2.92. The number of rotatable bonds is 6. The fourth-order valence-corrected chi connectivity index (χ4v) is 3.95. The molecule has 1 aromatic carbocycles. The average molecular weight is 351 g/mol. The van der Waals surface area contributed by atoms with Gasteiger partial charge in [-0.3, -0.25) is 13.8 Å². The Morgan fingerprint density at radius 2 is 1.96 bits per heavy atom. The number of carboxylic acids is 1. The van der Waals surface area contributed by atoms with Crippen molar-refractivity contribution in [1.82, 2.24) is 4.90 Å². The fraction of sp³-hybridized carbons (Fsp3) is 0.556. The normalized spacial score (nSPS) is 19.3. The monoisotopic (exact) mass is 351 g/mol. The molecular formula is C18H25NO4S. The number of carboxylic acid groups (broad SMARTS) is 1. The largest absolute Gasteiger partial charge is 0.481 e. The number of hydrogen-bond acceptors (Lipinski definition) is 3. The molecule has 1 amide bonds. The van der Waals surface area contributed by atoms with E-state index in [0.717, 1.165) is 17.7 Å². The third-order valence-electron chi connectivity index (χ3n) is 4.33. The van der Waals surface area contributed by atoms with Gasteiger partial charge in [0.05, 0.1) is 10.8 Å². The lowest BCUT2D eigenvalue weighted by molar-refractivity contribution is -0.137. The topological polar surface area (TPSA) is 74.7 Å².